The highest BCUT2D eigenvalue weighted by atomic mass is 15.1. The Hall–Kier alpha value is -9.24. The number of nitrogens with zero attached hydrogens (tertiary/aromatic N) is 8. The molecule has 12 heterocycles. The molecule has 0 fully saturated rings. The van der Waals surface area contributed by atoms with Gasteiger partial charge in [-0.1, -0.05) is 133 Å². The van der Waals surface area contributed by atoms with E-state index in [2.05, 4.69) is 201 Å². The fraction of sp³-hybridized carbons (Fsp3) is 0.152. The predicted octanol–water partition coefficient (Wildman–Crippen LogP) is 15.3. The number of fused-ring (bicyclic) bond motifs is 4. The molecule has 9 aromatic carbocycles. The summed E-state index contributed by atoms with van der Waals surface area (Å²) in [5.41, 5.74) is 14.9. The number of hydrogen-bond donors (Lipinski definition) is 0. The van der Waals surface area contributed by atoms with Gasteiger partial charge in [-0.15, -0.1) is 0 Å². The minimum absolute atomic E-state index is 0.603. The van der Waals surface area contributed by atoms with Gasteiger partial charge >= 0.3 is 0 Å². The summed E-state index contributed by atoms with van der Waals surface area (Å²) in [5.74, 6) is 0. The Kier molecular flexibility index (Phi) is 11.5. The first-order chi connectivity index (χ1) is 36.6. The molecule has 13 aromatic rings. The molecule has 0 spiro atoms. The van der Waals surface area contributed by atoms with Gasteiger partial charge in [0.2, 0.25) is 0 Å². The maximum absolute atomic E-state index is 9.94. The van der Waals surface area contributed by atoms with Crippen LogP contribution in [0, 0.1) is 22.9 Å². The second-order valence-corrected chi connectivity index (χ2v) is 19.9. The maximum atomic E-state index is 9.94. The molecule has 4 aromatic heterocycles. The van der Waals surface area contributed by atoms with Crippen LogP contribution in [0.25, 0.3) is 87.2 Å². The Morgan fingerprint density at radius 2 is 0.486 bits per heavy atom. The van der Waals surface area contributed by atoms with E-state index in [1.807, 2.05) is 46.2 Å². The number of aryl methyl sites for hydroxylation is 4. The van der Waals surface area contributed by atoms with Crippen molar-refractivity contribution in [1.29, 1.82) is 10.5 Å². The molecular weight excluding hydrogens is 905 g/mol. The second-order valence-electron chi connectivity index (χ2n) is 19.9. The first kappa shape index (κ1) is 44.7. The Morgan fingerprint density at radius 1 is 0.257 bits per heavy atom. The van der Waals surface area contributed by atoms with E-state index >= 15 is 0 Å². The van der Waals surface area contributed by atoms with E-state index < -0.39 is 0 Å². The molecule has 0 aliphatic carbocycles. The standard InChI is InChI=1S/2C30H24N4.C6H6/c2*31-20-32-18-21-10-12-29-25(16-21)23-6-1-3-8-27(23)33(29)14-5-15-34-28-9-4-2-7-24(28)26-17-22(19-32)11-13-30(26)34;1-2-4-6-5-3-1/h2*1-4,6-13,16-17H,5,14-15,18-19H2;1-6H. The molecule has 0 saturated heterocycles. The zero-order valence-corrected chi connectivity index (χ0v) is 41.3. The van der Waals surface area contributed by atoms with Crippen LogP contribution in [-0.2, 0) is 52.4 Å². The van der Waals surface area contributed by atoms with Gasteiger partial charge in [0.1, 0.15) is 0 Å². The van der Waals surface area contributed by atoms with Crippen molar-refractivity contribution in [2.75, 3.05) is 0 Å². The summed E-state index contributed by atoms with van der Waals surface area (Å²) in [6, 6.07) is 73.6. The molecule has 0 atom stereocenters. The van der Waals surface area contributed by atoms with Crippen molar-refractivity contribution >= 4 is 87.2 Å². The lowest BCUT2D eigenvalue weighted by Gasteiger charge is -2.17. The number of hydrogen-bond acceptors (Lipinski definition) is 4. The molecule has 8 nitrogen and oxygen atoms in total. The number of para-hydroxylation sites is 4. The van der Waals surface area contributed by atoms with E-state index in [-0.39, 0.29) is 0 Å². The summed E-state index contributed by atoms with van der Waals surface area (Å²) < 4.78 is 9.87. The van der Waals surface area contributed by atoms with Gasteiger partial charge in [0.05, 0.1) is 26.2 Å². The Balaban J connectivity index is 0.000000128. The Labute approximate surface area is 429 Å². The Bertz CT molecular complexity index is 3790. The fourth-order valence-electron chi connectivity index (χ4n) is 12.1. The van der Waals surface area contributed by atoms with Crippen LogP contribution in [0.4, 0.5) is 0 Å². The van der Waals surface area contributed by atoms with Gasteiger partial charge in [0, 0.05) is 113 Å². The topological polar surface area (TPSA) is 73.8 Å². The van der Waals surface area contributed by atoms with E-state index in [0.29, 0.717) is 26.2 Å². The van der Waals surface area contributed by atoms with Crippen molar-refractivity contribution in [1.82, 2.24) is 28.1 Å². The van der Waals surface area contributed by atoms with Crippen molar-refractivity contribution in [3.63, 3.8) is 0 Å². The summed E-state index contributed by atoms with van der Waals surface area (Å²) in [6.45, 7) is 6.24. The maximum Gasteiger partial charge on any atom is 0.179 e. The average Bonchev–Trinajstić information content (AvgIpc) is 4.15. The van der Waals surface area contributed by atoms with E-state index in [9.17, 15) is 10.5 Å². The van der Waals surface area contributed by atoms with Gasteiger partial charge < -0.3 is 28.1 Å². The zero-order chi connectivity index (χ0) is 49.5. The summed E-state index contributed by atoms with van der Waals surface area (Å²) in [4.78, 5) is 3.71. The van der Waals surface area contributed by atoms with Gasteiger partial charge in [-0.05, 0) is 108 Å². The number of rotatable bonds is 0. The van der Waals surface area contributed by atoms with Crippen molar-refractivity contribution in [2.24, 2.45) is 0 Å². The minimum atomic E-state index is 0.603. The Morgan fingerprint density at radius 3 is 0.730 bits per heavy atom. The smallest absolute Gasteiger partial charge is 0.179 e. The molecule has 0 unspecified atom stereocenters. The number of benzene rings is 9. The first-order valence-electron chi connectivity index (χ1n) is 25.9. The molecule has 21 rings (SSSR count). The van der Waals surface area contributed by atoms with Gasteiger partial charge in [-0.2, -0.15) is 10.5 Å². The lowest BCUT2D eigenvalue weighted by Crippen LogP contribution is -2.16. The molecule has 0 radical (unpaired) electrons. The van der Waals surface area contributed by atoms with E-state index in [1.54, 1.807) is 0 Å². The molecule has 358 valence electrons. The van der Waals surface area contributed by atoms with Crippen LogP contribution in [0.5, 0.6) is 0 Å². The van der Waals surface area contributed by atoms with Gasteiger partial charge in [-0.3, -0.25) is 0 Å². The molecular formula is C66H54N8. The van der Waals surface area contributed by atoms with Crippen LogP contribution >= 0.6 is 0 Å². The fourth-order valence-corrected chi connectivity index (χ4v) is 12.1. The SMILES string of the molecule is N#CN1Cc2ccc3c(c2)c2ccccc2n3CCCn2c3ccccc3c3cc(ccc32)C1.N#CN1Cc2ccc3c(c2)c2ccccc2n3CCCn2c3ccccc3c3cc(ccc32)C1.c1ccccc1. The molecule has 16 bridgehead atoms. The van der Waals surface area contributed by atoms with Crippen LogP contribution in [0.1, 0.15) is 35.1 Å². The highest BCUT2D eigenvalue weighted by Crippen LogP contribution is 2.36. The third-order valence-corrected chi connectivity index (χ3v) is 15.3. The van der Waals surface area contributed by atoms with Crippen LogP contribution < -0.4 is 0 Å². The summed E-state index contributed by atoms with van der Waals surface area (Å²) >= 11 is 0. The van der Waals surface area contributed by atoms with Gasteiger partial charge in [0.15, 0.2) is 12.4 Å². The normalized spacial score (nSPS) is 13.9. The average molecular weight is 959 g/mol. The molecule has 0 N–H and O–H groups in total. The molecule has 8 aliphatic heterocycles. The van der Waals surface area contributed by atoms with Crippen LogP contribution in [-0.4, -0.2) is 28.1 Å². The third kappa shape index (κ3) is 8.02. The van der Waals surface area contributed by atoms with E-state index in [4.69, 9.17) is 0 Å². The summed E-state index contributed by atoms with van der Waals surface area (Å²) in [6.07, 6.45) is 6.95. The van der Waals surface area contributed by atoms with Crippen LogP contribution in [0.3, 0.4) is 0 Å². The quantitative estimate of drug-likeness (QED) is 0.142. The van der Waals surface area contributed by atoms with Gasteiger partial charge in [-0.25, -0.2) is 0 Å². The lowest BCUT2D eigenvalue weighted by atomic mass is 10.1. The van der Waals surface area contributed by atoms with Crippen LogP contribution in [0.2, 0.25) is 0 Å². The largest absolute Gasteiger partial charge is 0.340 e. The molecule has 0 amide bonds. The van der Waals surface area contributed by atoms with Crippen molar-refractivity contribution < 1.29 is 0 Å². The molecule has 8 aliphatic rings. The zero-order valence-electron chi connectivity index (χ0n) is 41.3. The second kappa shape index (κ2) is 19.1. The first-order valence-corrected chi connectivity index (χ1v) is 25.9. The molecule has 8 heteroatoms. The van der Waals surface area contributed by atoms with Crippen LogP contribution in [0.15, 0.2) is 206 Å². The van der Waals surface area contributed by atoms with Crippen molar-refractivity contribution in [3.8, 4) is 12.4 Å². The minimum Gasteiger partial charge on any atom is -0.340 e. The lowest BCUT2D eigenvalue weighted by molar-refractivity contribution is 0.379. The summed E-state index contributed by atoms with van der Waals surface area (Å²) in [7, 11) is 0. The molecule has 0 saturated carbocycles. The van der Waals surface area contributed by atoms with E-state index in [1.165, 1.54) is 109 Å². The van der Waals surface area contributed by atoms with E-state index in [0.717, 1.165) is 39.0 Å². The highest BCUT2D eigenvalue weighted by molar-refractivity contribution is 6.11. The molecule has 74 heavy (non-hydrogen) atoms. The van der Waals surface area contributed by atoms with Crippen molar-refractivity contribution in [3.05, 3.63) is 229 Å². The van der Waals surface area contributed by atoms with Gasteiger partial charge in [0.25, 0.3) is 0 Å². The number of aromatic nitrogens is 4. The third-order valence-electron chi connectivity index (χ3n) is 15.3. The predicted molar refractivity (Wildman–Crippen MR) is 303 cm³/mol. The number of nitriles is 2. The highest BCUT2D eigenvalue weighted by Gasteiger charge is 2.19. The monoisotopic (exact) mass is 958 g/mol. The summed E-state index contributed by atoms with van der Waals surface area (Å²) in [5, 5.41) is 30.1. The van der Waals surface area contributed by atoms with Crippen molar-refractivity contribution in [2.45, 2.75) is 65.2 Å².